The minimum atomic E-state index is -0.483. The number of hydrogen-bond donors (Lipinski definition) is 3. The number of nitro groups is 1. The molecule has 8 heteroatoms. The lowest BCUT2D eigenvalue weighted by Crippen LogP contribution is -2.15. The Morgan fingerprint density at radius 2 is 2.41 bits per heavy atom. The topological polar surface area (TPSA) is 130 Å². The molecule has 0 aliphatic carbocycles. The number of oxime groups is 1. The minimum Gasteiger partial charge on any atom is -0.409 e. The molecular formula is C9H9N5O3. The van der Waals surface area contributed by atoms with E-state index < -0.39 is 4.92 Å². The molecule has 1 heterocycles. The number of benzene rings is 1. The van der Waals surface area contributed by atoms with E-state index in [4.69, 9.17) is 10.9 Å². The first kappa shape index (κ1) is 10.9. The molecule has 0 unspecified atom stereocenters. The fourth-order valence-electron chi connectivity index (χ4n) is 1.45. The number of aromatic amines is 1. The van der Waals surface area contributed by atoms with Gasteiger partial charge in [0.25, 0.3) is 5.69 Å². The van der Waals surface area contributed by atoms with Gasteiger partial charge in [-0.15, -0.1) is 0 Å². The Balaban J connectivity index is 2.40. The van der Waals surface area contributed by atoms with Crippen LogP contribution in [0.15, 0.2) is 23.4 Å². The molecule has 2 aromatic rings. The van der Waals surface area contributed by atoms with E-state index in [1.807, 2.05) is 0 Å². The lowest BCUT2D eigenvalue weighted by atomic mass is 10.3. The number of nitro benzene ring substituents is 1. The molecular weight excluding hydrogens is 226 g/mol. The maximum absolute atomic E-state index is 10.6. The molecule has 1 aromatic carbocycles. The van der Waals surface area contributed by atoms with Crippen molar-refractivity contribution in [2.75, 3.05) is 0 Å². The van der Waals surface area contributed by atoms with Crippen LogP contribution >= 0.6 is 0 Å². The minimum absolute atomic E-state index is 0.0126. The van der Waals surface area contributed by atoms with Gasteiger partial charge >= 0.3 is 0 Å². The molecule has 0 spiro atoms. The van der Waals surface area contributed by atoms with Crippen LogP contribution in [0.4, 0.5) is 5.69 Å². The lowest BCUT2D eigenvalue weighted by Gasteiger charge is -1.92. The highest BCUT2D eigenvalue weighted by atomic mass is 16.6. The molecule has 0 radical (unpaired) electrons. The molecule has 1 aromatic heterocycles. The molecule has 0 bridgehead atoms. The monoisotopic (exact) mass is 235 g/mol. The number of fused-ring (bicyclic) bond motifs is 1. The van der Waals surface area contributed by atoms with Crippen molar-refractivity contribution in [1.82, 2.24) is 9.97 Å². The molecule has 17 heavy (non-hydrogen) atoms. The Morgan fingerprint density at radius 1 is 1.65 bits per heavy atom. The lowest BCUT2D eigenvalue weighted by molar-refractivity contribution is -0.384. The van der Waals surface area contributed by atoms with Crippen LogP contribution in [0.25, 0.3) is 11.0 Å². The third-order valence-electron chi connectivity index (χ3n) is 2.20. The number of rotatable bonds is 3. The van der Waals surface area contributed by atoms with Crippen LogP contribution in [0.2, 0.25) is 0 Å². The van der Waals surface area contributed by atoms with Crippen LogP contribution in [0, 0.1) is 10.1 Å². The number of nitrogens with two attached hydrogens (primary N) is 1. The number of H-pyrrole nitrogens is 1. The molecule has 0 fully saturated rings. The summed E-state index contributed by atoms with van der Waals surface area (Å²) in [6.07, 6.45) is 0.152. The second-order valence-corrected chi connectivity index (χ2v) is 3.41. The van der Waals surface area contributed by atoms with E-state index in [0.717, 1.165) is 0 Å². The van der Waals surface area contributed by atoms with Crippen molar-refractivity contribution in [3.05, 3.63) is 34.1 Å². The quantitative estimate of drug-likeness (QED) is 0.237. The Kier molecular flexibility index (Phi) is 2.61. The highest BCUT2D eigenvalue weighted by Crippen LogP contribution is 2.18. The van der Waals surface area contributed by atoms with Gasteiger partial charge in [0.15, 0.2) is 0 Å². The van der Waals surface area contributed by atoms with Gasteiger partial charge < -0.3 is 15.9 Å². The van der Waals surface area contributed by atoms with Gasteiger partial charge in [0.1, 0.15) is 11.7 Å². The summed E-state index contributed by atoms with van der Waals surface area (Å²) in [5.74, 6) is 0.495. The molecule has 0 saturated carbocycles. The predicted octanol–water partition coefficient (Wildman–Crippen LogP) is 0.760. The summed E-state index contributed by atoms with van der Waals surface area (Å²) in [5, 5.41) is 21.8. The third kappa shape index (κ3) is 2.14. The number of amidine groups is 1. The van der Waals surface area contributed by atoms with E-state index >= 15 is 0 Å². The van der Waals surface area contributed by atoms with E-state index in [1.165, 1.54) is 12.1 Å². The van der Waals surface area contributed by atoms with Gasteiger partial charge in [0, 0.05) is 12.1 Å². The highest BCUT2D eigenvalue weighted by molar-refractivity contribution is 5.83. The molecule has 0 aliphatic heterocycles. The number of imidazole rings is 1. The smallest absolute Gasteiger partial charge is 0.271 e. The highest BCUT2D eigenvalue weighted by Gasteiger charge is 2.10. The zero-order chi connectivity index (χ0) is 12.4. The van der Waals surface area contributed by atoms with Crippen molar-refractivity contribution in [3.63, 3.8) is 0 Å². The standard InChI is InChI=1S/C9H9N5O3/c10-8(13-15)4-9-11-6-2-1-5(14(16)17)3-7(6)12-9/h1-3,15H,4H2,(H2,10,13)(H,11,12). The zero-order valence-electron chi connectivity index (χ0n) is 8.62. The molecule has 0 amide bonds. The molecule has 0 atom stereocenters. The van der Waals surface area contributed by atoms with Crippen molar-refractivity contribution in [2.45, 2.75) is 6.42 Å². The van der Waals surface area contributed by atoms with E-state index in [-0.39, 0.29) is 17.9 Å². The van der Waals surface area contributed by atoms with E-state index in [0.29, 0.717) is 16.9 Å². The van der Waals surface area contributed by atoms with Crippen molar-refractivity contribution in [3.8, 4) is 0 Å². The summed E-state index contributed by atoms with van der Waals surface area (Å²) in [6, 6.07) is 4.30. The van der Waals surface area contributed by atoms with Crippen LogP contribution in [0.1, 0.15) is 5.82 Å². The summed E-state index contributed by atoms with van der Waals surface area (Å²) < 4.78 is 0. The van der Waals surface area contributed by atoms with Crippen molar-refractivity contribution < 1.29 is 10.1 Å². The largest absolute Gasteiger partial charge is 0.409 e. The normalized spacial score (nSPS) is 11.9. The Labute approximate surface area is 94.9 Å². The van der Waals surface area contributed by atoms with Crippen LogP contribution in [-0.4, -0.2) is 25.9 Å². The van der Waals surface area contributed by atoms with Crippen LogP contribution in [0.5, 0.6) is 0 Å². The van der Waals surface area contributed by atoms with Gasteiger partial charge in [-0.1, -0.05) is 5.16 Å². The summed E-state index contributed by atoms with van der Waals surface area (Å²) in [4.78, 5) is 17.1. The molecule has 4 N–H and O–H groups in total. The number of nitrogens with zero attached hydrogens (tertiary/aromatic N) is 3. The average molecular weight is 235 g/mol. The van der Waals surface area contributed by atoms with Crippen molar-refractivity contribution >= 4 is 22.6 Å². The van der Waals surface area contributed by atoms with E-state index in [9.17, 15) is 10.1 Å². The molecule has 0 aliphatic rings. The van der Waals surface area contributed by atoms with Crippen LogP contribution in [0.3, 0.4) is 0 Å². The second-order valence-electron chi connectivity index (χ2n) is 3.41. The van der Waals surface area contributed by atoms with Gasteiger partial charge in [0.2, 0.25) is 0 Å². The fraction of sp³-hybridized carbons (Fsp3) is 0.111. The summed E-state index contributed by atoms with van der Waals surface area (Å²) >= 11 is 0. The number of aromatic nitrogens is 2. The molecule has 8 nitrogen and oxygen atoms in total. The number of nitrogens with one attached hydrogen (secondary N) is 1. The first-order valence-electron chi connectivity index (χ1n) is 4.69. The Hall–Kier alpha value is -2.64. The van der Waals surface area contributed by atoms with Crippen LogP contribution < -0.4 is 5.73 Å². The summed E-state index contributed by atoms with van der Waals surface area (Å²) in [5.41, 5.74) is 6.46. The van der Waals surface area contributed by atoms with Crippen LogP contribution in [-0.2, 0) is 6.42 Å². The SMILES string of the molecule is NC(Cc1nc2ccc([N+](=O)[O-])cc2[nH]1)=NO. The Bertz CT molecular complexity index is 604. The molecule has 2 rings (SSSR count). The Morgan fingerprint density at radius 3 is 3.06 bits per heavy atom. The van der Waals surface area contributed by atoms with Gasteiger partial charge in [-0.05, 0) is 6.07 Å². The van der Waals surface area contributed by atoms with Crippen molar-refractivity contribution in [2.24, 2.45) is 10.9 Å². The average Bonchev–Trinajstić information content (AvgIpc) is 2.69. The predicted molar refractivity (Wildman–Crippen MR) is 59.9 cm³/mol. The second kappa shape index (κ2) is 4.08. The van der Waals surface area contributed by atoms with Gasteiger partial charge in [0.05, 0.1) is 22.4 Å². The maximum Gasteiger partial charge on any atom is 0.271 e. The molecule has 0 saturated heterocycles. The fourth-order valence-corrected chi connectivity index (χ4v) is 1.45. The summed E-state index contributed by atoms with van der Waals surface area (Å²) in [6.45, 7) is 0. The summed E-state index contributed by atoms with van der Waals surface area (Å²) in [7, 11) is 0. The zero-order valence-corrected chi connectivity index (χ0v) is 8.62. The first-order chi connectivity index (χ1) is 8.10. The van der Waals surface area contributed by atoms with E-state index in [2.05, 4.69) is 15.1 Å². The van der Waals surface area contributed by atoms with Gasteiger partial charge in [-0.25, -0.2) is 4.98 Å². The van der Waals surface area contributed by atoms with Gasteiger partial charge in [-0.2, -0.15) is 0 Å². The number of non-ortho nitro benzene ring substituents is 1. The maximum atomic E-state index is 10.6. The van der Waals surface area contributed by atoms with Crippen molar-refractivity contribution in [1.29, 1.82) is 0 Å². The molecule has 88 valence electrons. The first-order valence-corrected chi connectivity index (χ1v) is 4.69. The van der Waals surface area contributed by atoms with E-state index in [1.54, 1.807) is 6.07 Å². The third-order valence-corrected chi connectivity index (χ3v) is 2.20. The number of hydrogen-bond acceptors (Lipinski definition) is 5. The van der Waals surface area contributed by atoms with Gasteiger partial charge in [-0.3, -0.25) is 10.1 Å².